The number of rotatable bonds is 5. The second-order valence-electron chi connectivity index (χ2n) is 8.00. The lowest BCUT2D eigenvalue weighted by Crippen LogP contribution is -2.38. The zero-order valence-electron chi connectivity index (χ0n) is 18.4. The lowest BCUT2D eigenvalue weighted by molar-refractivity contribution is 0.0517. The van der Waals surface area contributed by atoms with Crippen LogP contribution in [0.25, 0.3) is 16.9 Å². The largest absolute Gasteiger partial charge is 0.461 e. The summed E-state index contributed by atoms with van der Waals surface area (Å²) in [4.78, 5) is 26.7. The first kappa shape index (κ1) is 21.7. The van der Waals surface area contributed by atoms with Gasteiger partial charge in [0, 0.05) is 46.6 Å². The number of hydrogen-bond acceptors (Lipinski definition) is 6. The van der Waals surface area contributed by atoms with Crippen molar-refractivity contribution in [3.05, 3.63) is 65.4 Å². The molecule has 170 valence electrons. The summed E-state index contributed by atoms with van der Waals surface area (Å²) in [5, 5.41) is 7.78. The molecule has 2 aliphatic rings. The predicted molar refractivity (Wildman–Crippen MR) is 126 cm³/mol. The third-order valence-corrected chi connectivity index (χ3v) is 6.98. The lowest BCUT2D eigenvalue weighted by atomic mass is 10.1. The van der Waals surface area contributed by atoms with Crippen LogP contribution in [-0.2, 0) is 15.2 Å². The van der Waals surface area contributed by atoms with Crippen LogP contribution in [0.2, 0.25) is 0 Å². The molecule has 3 aromatic rings. The molecule has 1 amide bonds. The van der Waals surface area contributed by atoms with E-state index >= 15 is 0 Å². The molecule has 8 heteroatoms. The molecule has 0 atom stereocenters. The molecule has 3 heterocycles. The molecule has 1 fully saturated rings. The number of fused-ring (bicyclic) bond motifs is 3. The Morgan fingerprint density at radius 2 is 2.00 bits per heavy atom. The number of hydrogen-bond donors (Lipinski definition) is 1. The van der Waals surface area contributed by atoms with Crippen molar-refractivity contribution in [2.45, 2.75) is 36.5 Å². The smallest absolute Gasteiger partial charge is 0.359 e. The summed E-state index contributed by atoms with van der Waals surface area (Å²) in [5.41, 5.74) is 4.35. The molecule has 0 aliphatic carbocycles. The monoisotopic (exact) mass is 463 g/mol. The molecule has 5 rings (SSSR count). The van der Waals surface area contributed by atoms with Gasteiger partial charge in [-0.05, 0) is 44.0 Å². The van der Waals surface area contributed by atoms with Crippen molar-refractivity contribution >= 4 is 23.6 Å². The van der Waals surface area contributed by atoms with Gasteiger partial charge < -0.3 is 14.8 Å². The molecule has 2 aromatic carbocycles. The van der Waals surface area contributed by atoms with E-state index in [1.165, 1.54) is 0 Å². The van der Waals surface area contributed by atoms with Crippen LogP contribution in [0.15, 0.2) is 53.4 Å². The van der Waals surface area contributed by atoms with E-state index in [1.807, 2.05) is 36.4 Å². The van der Waals surface area contributed by atoms with Gasteiger partial charge in [0.25, 0.3) is 5.91 Å². The predicted octanol–water partition coefficient (Wildman–Crippen LogP) is 4.23. The van der Waals surface area contributed by atoms with Gasteiger partial charge in [-0.15, -0.1) is 11.8 Å². The number of nitrogens with zero attached hydrogens (tertiary/aromatic N) is 2. The van der Waals surface area contributed by atoms with Crippen LogP contribution in [-0.4, -0.2) is 47.5 Å². The van der Waals surface area contributed by atoms with Crippen LogP contribution in [0, 0.1) is 0 Å². The minimum absolute atomic E-state index is 0.117. The molecule has 0 saturated carbocycles. The Morgan fingerprint density at radius 1 is 1.18 bits per heavy atom. The zero-order valence-corrected chi connectivity index (χ0v) is 19.2. The first-order valence-electron chi connectivity index (χ1n) is 11.2. The second kappa shape index (κ2) is 9.41. The van der Waals surface area contributed by atoms with E-state index in [2.05, 4.69) is 16.5 Å². The fourth-order valence-corrected chi connectivity index (χ4v) is 5.31. The summed E-state index contributed by atoms with van der Waals surface area (Å²) in [6.45, 7) is 3.40. The van der Waals surface area contributed by atoms with E-state index in [4.69, 9.17) is 9.47 Å². The summed E-state index contributed by atoms with van der Waals surface area (Å²) in [7, 11) is 0. The lowest BCUT2D eigenvalue weighted by Gasteiger charge is -2.23. The van der Waals surface area contributed by atoms with Crippen LogP contribution >= 0.6 is 11.8 Å². The highest BCUT2D eigenvalue weighted by molar-refractivity contribution is 7.98. The molecule has 1 N–H and O–H groups in total. The maximum absolute atomic E-state index is 12.9. The molecule has 1 aromatic heterocycles. The summed E-state index contributed by atoms with van der Waals surface area (Å²) in [6, 6.07) is 15.6. The number of aromatic nitrogens is 2. The van der Waals surface area contributed by atoms with E-state index in [-0.39, 0.29) is 18.6 Å². The molecule has 0 bridgehead atoms. The third-order valence-electron chi connectivity index (χ3n) is 5.88. The van der Waals surface area contributed by atoms with Gasteiger partial charge in [-0.3, -0.25) is 4.79 Å². The van der Waals surface area contributed by atoms with Crippen LogP contribution < -0.4 is 5.32 Å². The number of thioether (sulfide) groups is 1. The van der Waals surface area contributed by atoms with Crippen LogP contribution in [0.5, 0.6) is 0 Å². The number of benzene rings is 2. The summed E-state index contributed by atoms with van der Waals surface area (Å²) < 4.78 is 12.4. The number of carbonyl (C=O) groups is 2. The number of carbonyl (C=O) groups excluding carboxylic acids is 2. The van der Waals surface area contributed by atoms with Gasteiger partial charge >= 0.3 is 5.97 Å². The van der Waals surface area contributed by atoms with Crippen molar-refractivity contribution in [2.75, 3.05) is 19.8 Å². The summed E-state index contributed by atoms with van der Waals surface area (Å²) in [5.74, 6) is 0.0805. The SMILES string of the molecule is CCOC(=O)c1nn(-c2cccc(C(=O)NC3CCOCC3)c2)c2c1CSc1ccccc1-2. The van der Waals surface area contributed by atoms with Crippen molar-refractivity contribution in [1.29, 1.82) is 0 Å². The van der Waals surface area contributed by atoms with Crippen molar-refractivity contribution < 1.29 is 19.1 Å². The van der Waals surface area contributed by atoms with Gasteiger partial charge in [-0.2, -0.15) is 5.10 Å². The Kier molecular flexibility index (Phi) is 6.20. The first-order valence-corrected chi connectivity index (χ1v) is 12.1. The number of esters is 1. The minimum Gasteiger partial charge on any atom is -0.461 e. The topological polar surface area (TPSA) is 82.5 Å². The van der Waals surface area contributed by atoms with Gasteiger partial charge in [0.05, 0.1) is 18.0 Å². The van der Waals surface area contributed by atoms with Crippen LogP contribution in [0.4, 0.5) is 0 Å². The van der Waals surface area contributed by atoms with Gasteiger partial charge in [0.2, 0.25) is 0 Å². The van der Waals surface area contributed by atoms with Crippen LogP contribution in [0.1, 0.15) is 46.2 Å². The highest BCUT2D eigenvalue weighted by Crippen LogP contribution is 2.43. The molecule has 0 spiro atoms. The Labute approximate surface area is 196 Å². The Balaban J connectivity index is 1.55. The van der Waals surface area contributed by atoms with Gasteiger partial charge in [0.15, 0.2) is 5.69 Å². The maximum Gasteiger partial charge on any atom is 0.359 e. The average molecular weight is 464 g/mol. The van der Waals surface area contributed by atoms with Gasteiger partial charge in [-0.25, -0.2) is 9.48 Å². The number of nitrogens with one attached hydrogen (secondary N) is 1. The summed E-state index contributed by atoms with van der Waals surface area (Å²) in [6.07, 6.45) is 1.63. The van der Waals surface area contributed by atoms with E-state index in [0.29, 0.717) is 30.2 Å². The highest BCUT2D eigenvalue weighted by atomic mass is 32.2. The number of ether oxygens (including phenoxy) is 2. The van der Waals surface area contributed by atoms with E-state index in [0.717, 1.165) is 40.2 Å². The second-order valence-corrected chi connectivity index (χ2v) is 9.02. The Hall–Kier alpha value is -3.10. The van der Waals surface area contributed by atoms with Crippen molar-refractivity contribution in [3.63, 3.8) is 0 Å². The molecular weight excluding hydrogens is 438 g/mol. The maximum atomic E-state index is 12.9. The van der Waals surface area contributed by atoms with Gasteiger partial charge in [-0.1, -0.05) is 24.3 Å². The van der Waals surface area contributed by atoms with Crippen molar-refractivity contribution in [3.8, 4) is 16.9 Å². The van der Waals surface area contributed by atoms with E-state index < -0.39 is 5.97 Å². The highest BCUT2D eigenvalue weighted by Gasteiger charge is 2.30. The zero-order chi connectivity index (χ0) is 22.8. The van der Waals surface area contributed by atoms with Crippen molar-refractivity contribution in [1.82, 2.24) is 15.1 Å². The minimum atomic E-state index is -0.430. The third kappa shape index (κ3) is 4.28. The first-order chi connectivity index (χ1) is 16.2. The van der Waals surface area contributed by atoms with Crippen LogP contribution in [0.3, 0.4) is 0 Å². The van der Waals surface area contributed by atoms with Gasteiger partial charge in [0.1, 0.15) is 0 Å². The Bertz CT molecular complexity index is 1200. The molecule has 0 radical (unpaired) electrons. The average Bonchev–Trinajstić information content (AvgIpc) is 3.25. The fourth-order valence-electron chi connectivity index (χ4n) is 4.24. The molecular formula is C25H25N3O4S. The molecule has 0 unspecified atom stereocenters. The standard InChI is InChI=1S/C25H25N3O4S/c1-2-32-25(30)22-20-15-33-21-9-4-3-8-19(21)23(20)28(27-22)18-7-5-6-16(14-18)24(29)26-17-10-12-31-13-11-17/h3-9,14,17H,2,10-13,15H2,1H3,(H,26,29). The Morgan fingerprint density at radius 3 is 2.82 bits per heavy atom. The molecule has 7 nitrogen and oxygen atoms in total. The molecule has 33 heavy (non-hydrogen) atoms. The normalized spacial score (nSPS) is 15.4. The molecule has 1 saturated heterocycles. The van der Waals surface area contributed by atoms with Crippen molar-refractivity contribution in [2.24, 2.45) is 0 Å². The quantitative estimate of drug-likeness (QED) is 0.570. The van der Waals surface area contributed by atoms with E-state index in [1.54, 1.807) is 29.4 Å². The fraction of sp³-hybridized carbons (Fsp3) is 0.320. The van der Waals surface area contributed by atoms with E-state index in [9.17, 15) is 9.59 Å². The molecule has 2 aliphatic heterocycles. The number of amides is 1. The summed E-state index contributed by atoms with van der Waals surface area (Å²) >= 11 is 1.68.